The van der Waals surface area contributed by atoms with Gasteiger partial charge in [-0.05, 0) is 25.7 Å². The van der Waals surface area contributed by atoms with E-state index in [2.05, 4.69) is 10.4 Å². The number of imide groups is 1. The van der Waals surface area contributed by atoms with Crippen LogP contribution in [0.15, 0.2) is 5.10 Å². The number of ketones is 1. The number of carboxylic acids is 1. The Balaban J connectivity index is 1.81. The molecule has 2 rings (SSSR count). The molecule has 1 atom stereocenters. The van der Waals surface area contributed by atoms with Gasteiger partial charge in [-0.2, -0.15) is 5.10 Å². The molecule has 0 spiro atoms. The highest BCUT2D eigenvalue weighted by Crippen LogP contribution is 2.24. The zero-order chi connectivity index (χ0) is 18.9. The van der Waals surface area contributed by atoms with Gasteiger partial charge in [0.1, 0.15) is 6.04 Å². The minimum Gasteiger partial charge on any atom is -0.481 e. The monoisotopic (exact) mass is 365 g/mol. The van der Waals surface area contributed by atoms with E-state index in [9.17, 15) is 19.2 Å². The lowest BCUT2D eigenvalue weighted by molar-refractivity contribution is -0.137. The van der Waals surface area contributed by atoms with E-state index < -0.39 is 23.9 Å². The Morgan fingerprint density at radius 3 is 2.50 bits per heavy atom. The summed E-state index contributed by atoms with van der Waals surface area (Å²) >= 11 is 0. The second kappa shape index (κ2) is 10.0. The fourth-order valence-corrected chi connectivity index (χ4v) is 3.46. The quantitative estimate of drug-likeness (QED) is 0.350. The molecular weight excluding hydrogens is 338 g/mol. The average Bonchev–Trinajstić information content (AvgIpc) is 2.89. The summed E-state index contributed by atoms with van der Waals surface area (Å²) in [6.07, 6.45) is 9.55. The van der Waals surface area contributed by atoms with Gasteiger partial charge in [-0.1, -0.05) is 38.5 Å². The Hall–Kier alpha value is -2.25. The lowest BCUT2D eigenvalue weighted by atomic mass is 9.87. The Labute approximate surface area is 153 Å². The standard InChI is InChI=1S/C18H27N3O5/c22-15(13-8-4-3-5-9-13)12-19-21-14(17(25)20-18(21)26)10-6-1-2-7-11-16(23)24/h12-14H,1-11H2,(H,23,24)(H,20,25,26)/b19-12+/t14-/m0/s1. The number of urea groups is 1. The minimum atomic E-state index is -0.811. The molecule has 8 heteroatoms. The molecule has 0 aromatic heterocycles. The van der Waals surface area contributed by atoms with E-state index in [0.717, 1.165) is 50.0 Å². The lowest BCUT2D eigenvalue weighted by Gasteiger charge is -2.19. The number of hydrogen-bond donors (Lipinski definition) is 2. The predicted octanol–water partition coefficient (Wildman–Crippen LogP) is 2.47. The number of carbonyl (C=O) groups is 4. The van der Waals surface area contributed by atoms with Gasteiger partial charge in [0, 0.05) is 12.3 Å². The zero-order valence-electron chi connectivity index (χ0n) is 15.0. The van der Waals surface area contributed by atoms with E-state index in [1.165, 1.54) is 6.21 Å². The normalized spacial score (nSPS) is 21.4. The topological polar surface area (TPSA) is 116 Å². The van der Waals surface area contributed by atoms with Gasteiger partial charge in [-0.3, -0.25) is 19.7 Å². The summed E-state index contributed by atoms with van der Waals surface area (Å²) in [6, 6.07) is -1.30. The number of hydrogen-bond acceptors (Lipinski definition) is 5. The van der Waals surface area contributed by atoms with Crippen LogP contribution in [0.1, 0.15) is 70.6 Å². The molecule has 0 bridgehead atoms. The molecule has 0 aromatic rings. The van der Waals surface area contributed by atoms with Crippen LogP contribution in [-0.4, -0.2) is 46.1 Å². The molecule has 3 amide bonds. The Bertz CT molecular complexity index is 569. The smallest absolute Gasteiger partial charge is 0.345 e. The molecule has 2 fully saturated rings. The van der Waals surface area contributed by atoms with Crippen molar-refractivity contribution in [3.63, 3.8) is 0 Å². The average molecular weight is 365 g/mol. The summed E-state index contributed by atoms with van der Waals surface area (Å²) in [5, 5.41) is 15.9. The number of unbranched alkanes of at least 4 members (excludes halogenated alkanes) is 3. The van der Waals surface area contributed by atoms with E-state index in [-0.39, 0.29) is 18.1 Å². The van der Waals surface area contributed by atoms with Gasteiger partial charge < -0.3 is 5.11 Å². The molecule has 144 valence electrons. The molecule has 1 aliphatic carbocycles. The maximum atomic E-state index is 12.2. The second-order valence-electron chi connectivity index (χ2n) is 6.98. The van der Waals surface area contributed by atoms with Gasteiger partial charge in [-0.15, -0.1) is 0 Å². The van der Waals surface area contributed by atoms with Crippen LogP contribution >= 0.6 is 0 Å². The van der Waals surface area contributed by atoms with Gasteiger partial charge in [0.2, 0.25) is 0 Å². The van der Waals surface area contributed by atoms with Crippen LogP contribution < -0.4 is 5.32 Å². The van der Waals surface area contributed by atoms with Gasteiger partial charge >= 0.3 is 12.0 Å². The van der Waals surface area contributed by atoms with Gasteiger partial charge in [0.15, 0.2) is 5.78 Å². The molecule has 2 aliphatic rings. The van der Waals surface area contributed by atoms with E-state index >= 15 is 0 Å². The molecular formula is C18H27N3O5. The van der Waals surface area contributed by atoms with Crippen molar-refractivity contribution in [1.29, 1.82) is 0 Å². The van der Waals surface area contributed by atoms with E-state index in [1.54, 1.807) is 0 Å². The molecule has 1 aliphatic heterocycles. The van der Waals surface area contributed by atoms with Gasteiger partial charge in [0.25, 0.3) is 5.91 Å². The molecule has 8 nitrogen and oxygen atoms in total. The van der Waals surface area contributed by atoms with Crippen molar-refractivity contribution in [3.05, 3.63) is 0 Å². The fourth-order valence-electron chi connectivity index (χ4n) is 3.46. The minimum absolute atomic E-state index is 0.0263. The van der Waals surface area contributed by atoms with Crippen molar-refractivity contribution in [2.45, 2.75) is 76.7 Å². The number of carbonyl (C=O) groups excluding carboxylic acids is 3. The fraction of sp³-hybridized carbons (Fsp3) is 0.722. The lowest BCUT2D eigenvalue weighted by Crippen LogP contribution is -2.31. The third-order valence-corrected chi connectivity index (χ3v) is 4.97. The molecule has 26 heavy (non-hydrogen) atoms. The van der Waals surface area contributed by atoms with Crippen molar-refractivity contribution in [3.8, 4) is 0 Å². The van der Waals surface area contributed by atoms with Crippen LogP contribution in [0.4, 0.5) is 4.79 Å². The first-order chi connectivity index (χ1) is 12.5. The maximum Gasteiger partial charge on any atom is 0.345 e. The highest BCUT2D eigenvalue weighted by molar-refractivity contribution is 6.28. The predicted molar refractivity (Wildman–Crippen MR) is 94.6 cm³/mol. The number of rotatable bonds is 10. The first-order valence-corrected chi connectivity index (χ1v) is 9.42. The number of aliphatic carboxylic acids is 1. The Kier molecular flexibility index (Phi) is 7.74. The highest BCUT2D eigenvalue weighted by Gasteiger charge is 2.38. The number of carboxylic acid groups (broad SMARTS) is 1. The van der Waals surface area contributed by atoms with Crippen LogP contribution in [0.2, 0.25) is 0 Å². The third-order valence-electron chi connectivity index (χ3n) is 4.97. The van der Waals surface area contributed by atoms with Crippen molar-refractivity contribution in [2.24, 2.45) is 11.0 Å². The van der Waals surface area contributed by atoms with Crippen LogP contribution in [0, 0.1) is 5.92 Å². The first-order valence-electron chi connectivity index (χ1n) is 9.42. The Morgan fingerprint density at radius 2 is 1.81 bits per heavy atom. The summed E-state index contributed by atoms with van der Waals surface area (Å²) in [4.78, 5) is 46.5. The summed E-state index contributed by atoms with van der Waals surface area (Å²) in [7, 11) is 0. The molecule has 1 saturated heterocycles. The van der Waals surface area contributed by atoms with Crippen LogP contribution in [0.5, 0.6) is 0 Å². The van der Waals surface area contributed by atoms with Crippen LogP contribution in [0.3, 0.4) is 0 Å². The number of nitrogens with one attached hydrogen (secondary N) is 1. The third kappa shape index (κ3) is 5.93. The summed E-state index contributed by atoms with van der Waals surface area (Å²) in [5.74, 6) is -1.32. The van der Waals surface area contributed by atoms with E-state index in [4.69, 9.17) is 5.11 Å². The van der Waals surface area contributed by atoms with Crippen molar-refractivity contribution in [2.75, 3.05) is 0 Å². The first kappa shape index (κ1) is 20.1. The van der Waals surface area contributed by atoms with Crippen molar-refractivity contribution >= 4 is 29.9 Å². The summed E-state index contributed by atoms with van der Waals surface area (Å²) < 4.78 is 0. The summed E-state index contributed by atoms with van der Waals surface area (Å²) in [5.41, 5.74) is 0. The van der Waals surface area contributed by atoms with Crippen molar-refractivity contribution in [1.82, 2.24) is 10.3 Å². The maximum absolute atomic E-state index is 12.2. The van der Waals surface area contributed by atoms with Gasteiger partial charge in [0.05, 0.1) is 6.21 Å². The van der Waals surface area contributed by atoms with E-state index in [1.807, 2.05) is 0 Å². The molecule has 0 radical (unpaired) electrons. The van der Waals surface area contributed by atoms with Gasteiger partial charge in [-0.25, -0.2) is 9.80 Å². The number of Topliss-reactive ketones (excluding diaryl/α,β-unsaturated/α-hetero) is 1. The highest BCUT2D eigenvalue weighted by atomic mass is 16.4. The number of hydrazone groups is 1. The number of nitrogens with zero attached hydrogens (tertiary/aromatic N) is 2. The van der Waals surface area contributed by atoms with Crippen LogP contribution in [-0.2, 0) is 14.4 Å². The molecule has 1 saturated carbocycles. The van der Waals surface area contributed by atoms with Crippen molar-refractivity contribution < 1.29 is 24.3 Å². The van der Waals surface area contributed by atoms with E-state index in [0.29, 0.717) is 19.3 Å². The largest absolute Gasteiger partial charge is 0.481 e. The molecule has 0 unspecified atom stereocenters. The molecule has 0 aromatic carbocycles. The number of amides is 3. The zero-order valence-corrected chi connectivity index (χ0v) is 15.0. The summed E-state index contributed by atoms with van der Waals surface area (Å²) in [6.45, 7) is 0. The SMILES string of the molecule is O=C(O)CCCCCC[C@H]1C(=O)NC(=O)N1/N=C/C(=O)C1CCCCC1. The molecule has 2 N–H and O–H groups in total. The molecule has 1 heterocycles. The second-order valence-corrected chi connectivity index (χ2v) is 6.98. The van der Waals surface area contributed by atoms with Crippen LogP contribution in [0.25, 0.3) is 0 Å². The Morgan fingerprint density at radius 1 is 1.12 bits per heavy atom.